The average Bonchev–Trinajstić information content (AvgIpc) is 2.09. The average molecular weight is 299 g/mol. The minimum absolute atomic E-state index is 0. The molecule has 1 atom stereocenters. The highest BCUT2D eigenvalue weighted by molar-refractivity contribution is 9.10. The Kier molecular flexibility index (Phi) is 6.79. The van der Waals surface area contributed by atoms with Crippen LogP contribution in [-0.4, -0.2) is 0 Å². The molecule has 0 spiro atoms. The Hall–Kier alpha value is 0.240. The molecule has 0 aromatic heterocycles. The van der Waals surface area contributed by atoms with Gasteiger partial charge in [0.15, 0.2) is 0 Å². The van der Waals surface area contributed by atoms with Crippen LogP contribution >= 0.6 is 39.9 Å². The van der Waals surface area contributed by atoms with Crippen molar-refractivity contribution in [2.45, 2.75) is 25.8 Å². The van der Waals surface area contributed by atoms with E-state index in [1.54, 1.807) is 0 Å². The first-order valence-electron chi connectivity index (χ1n) is 4.35. The van der Waals surface area contributed by atoms with Gasteiger partial charge in [0.05, 0.1) is 0 Å². The van der Waals surface area contributed by atoms with Crippen molar-refractivity contribution in [1.82, 2.24) is 0 Å². The Labute approximate surface area is 105 Å². The quantitative estimate of drug-likeness (QED) is 0.883. The third kappa shape index (κ3) is 3.77. The van der Waals surface area contributed by atoms with E-state index in [0.717, 1.165) is 27.9 Å². The molecule has 0 bridgehead atoms. The monoisotopic (exact) mass is 297 g/mol. The van der Waals surface area contributed by atoms with Crippen LogP contribution in [0.2, 0.25) is 5.02 Å². The first kappa shape index (κ1) is 14.2. The van der Waals surface area contributed by atoms with Crippen LogP contribution < -0.4 is 5.73 Å². The van der Waals surface area contributed by atoms with Crippen LogP contribution in [0.3, 0.4) is 0 Å². The molecule has 1 aromatic carbocycles. The molecule has 14 heavy (non-hydrogen) atoms. The summed E-state index contributed by atoms with van der Waals surface area (Å²) in [6.45, 7) is 2.12. The van der Waals surface area contributed by atoms with Crippen LogP contribution in [0.5, 0.6) is 0 Å². The zero-order valence-corrected chi connectivity index (χ0v) is 11.1. The van der Waals surface area contributed by atoms with Crippen molar-refractivity contribution in [3.63, 3.8) is 0 Å². The summed E-state index contributed by atoms with van der Waals surface area (Å²) in [5.74, 6) is 0. The molecule has 0 unspecified atom stereocenters. The topological polar surface area (TPSA) is 26.0 Å². The normalized spacial score (nSPS) is 12.0. The molecule has 0 radical (unpaired) electrons. The van der Waals surface area contributed by atoms with Crippen molar-refractivity contribution in [3.8, 4) is 0 Å². The maximum atomic E-state index is 5.99. The third-order valence-electron chi connectivity index (χ3n) is 1.96. The van der Waals surface area contributed by atoms with E-state index in [1.807, 2.05) is 18.2 Å². The van der Waals surface area contributed by atoms with Crippen LogP contribution in [-0.2, 0) is 0 Å². The van der Waals surface area contributed by atoms with Crippen LogP contribution in [0.1, 0.15) is 31.4 Å². The molecule has 80 valence electrons. The van der Waals surface area contributed by atoms with E-state index in [-0.39, 0.29) is 18.4 Å². The van der Waals surface area contributed by atoms with E-state index in [9.17, 15) is 0 Å². The molecular weight excluding hydrogens is 285 g/mol. The van der Waals surface area contributed by atoms with Gasteiger partial charge in [0.1, 0.15) is 0 Å². The van der Waals surface area contributed by atoms with Gasteiger partial charge in [-0.25, -0.2) is 0 Å². The number of hydrogen-bond donors (Lipinski definition) is 1. The van der Waals surface area contributed by atoms with E-state index in [2.05, 4.69) is 22.9 Å². The lowest BCUT2D eigenvalue weighted by molar-refractivity contribution is 0.636. The molecule has 1 nitrogen and oxygen atoms in total. The number of nitrogens with two attached hydrogens (primary N) is 1. The van der Waals surface area contributed by atoms with Crippen LogP contribution in [0, 0.1) is 0 Å². The maximum Gasteiger partial charge on any atom is 0.0410 e. The summed E-state index contributed by atoms with van der Waals surface area (Å²) < 4.78 is 1.04. The smallest absolute Gasteiger partial charge is 0.0410 e. The summed E-state index contributed by atoms with van der Waals surface area (Å²) in [5.41, 5.74) is 7.08. The lowest BCUT2D eigenvalue weighted by Crippen LogP contribution is -2.10. The van der Waals surface area contributed by atoms with Crippen molar-refractivity contribution < 1.29 is 0 Å². The highest BCUT2D eigenvalue weighted by Gasteiger charge is 2.08. The molecular formula is C10H14BrCl2N. The van der Waals surface area contributed by atoms with Crippen LogP contribution in [0.4, 0.5) is 0 Å². The SMILES string of the molecule is CCC[C@@H](N)c1cc(Cl)ccc1Br.Cl. The van der Waals surface area contributed by atoms with Gasteiger partial charge in [-0.1, -0.05) is 40.9 Å². The molecule has 0 saturated heterocycles. The molecule has 0 aliphatic rings. The molecule has 0 amide bonds. The summed E-state index contributed by atoms with van der Waals surface area (Å²) >= 11 is 9.35. The minimum atomic E-state index is 0. The molecule has 0 saturated carbocycles. The van der Waals surface area contributed by atoms with Gasteiger partial charge in [-0.2, -0.15) is 0 Å². The van der Waals surface area contributed by atoms with Gasteiger partial charge in [-0.05, 0) is 30.2 Å². The van der Waals surface area contributed by atoms with Gasteiger partial charge in [0.2, 0.25) is 0 Å². The van der Waals surface area contributed by atoms with Crippen molar-refractivity contribution in [3.05, 3.63) is 33.3 Å². The van der Waals surface area contributed by atoms with Crippen LogP contribution in [0.15, 0.2) is 22.7 Å². The number of halogens is 3. The molecule has 0 fully saturated rings. The van der Waals surface area contributed by atoms with E-state index in [0.29, 0.717) is 0 Å². The van der Waals surface area contributed by atoms with E-state index < -0.39 is 0 Å². The Morgan fingerprint density at radius 2 is 2.14 bits per heavy atom. The second kappa shape index (κ2) is 6.67. The summed E-state index contributed by atoms with van der Waals surface area (Å²) in [6.07, 6.45) is 2.07. The fourth-order valence-electron chi connectivity index (χ4n) is 1.27. The predicted octanol–water partition coefficient (Wildman–Crippen LogP) is 4.32. The Bertz CT molecular complexity index is 291. The second-order valence-corrected chi connectivity index (χ2v) is 4.35. The van der Waals surface area contributed by atoms with E-state index in [4.69, 9.17) is 17.3 Å². The Morgan fingerprint density at radius 1 is 1.50 bits per heavy atom. The molecule has 0 aliphatic carbocycles. The number of hydrogen-bond acceptors (Lipinski definition) is 1. The van der Waals surface area contributed by atoms with Crippen molar-refractivity contribution in [2.75, 3.05) is 0 Å². The maximum absolute atomic E-state index is 5.99. The van der Waals surface area contributed by atoms with Gasteiger partial charge < -0.3 is 5.73 Å². The molecule has 0 aliphatic heterocycles. The Morgan fingerprint density at radius 3 is 2.71 bits per heavy atom. The summed E-state index contributed by atoms with van der Waals surface area (Å²) in [7, 11) is 0. The largest absolute Gasteiger partial charge is 0.324 e. The highest BCUT2D eigenvalue weighted by Crippen LogP contribution is 2.27. The zero-order chi connectivity index (χ0) is 9.84. The first-order chi connectivity index (χ1) is 6.15. The zero-order valence-electron chi connectivity index (χ0n) is 7.97. The molecule has 1 rings (SSSR count). The van der Waals surface area contributed by atoms with Crippen molar-refractivity contribution in [1.29, 1.82) is 0 Å². The lowest BCUT2D eigenvalue weighted by atomic mass is 10.0. The van der Waals surface area contributed by atoms with Gasteiger partial charge in [0.25, 0.3) is 0 Å². The molecule has 4 heteroatoms. The van der Waals surface area contributed by atoms with Gasteiger partial charge in [-0.15, -0.1) is 12.4 Å². The first-order valence-corrected chi connectivity index (χ1v) is 5.52. The minimum Gasteiger partial charge on any atom is -0.324 e. The molecule has 0 heterocycles. The fourth-order valence-corrected chi connectivity index (χ4v) is 1.99. The third-order valence-corrected chi connectivity index (χ3v) is 2.91. The number of benzene rings is 1. The van der Waals surface area contributed by atoms with Crippen molar-refractivity contribution >= 4 is 39.9 Å². The summed E-state index contributed by atoms with van der Waals surface area (Å²) in [5, 5.41) is 0.741. The van der Waals surface area contributed by atoms with E-state index in [1.165, 1.54) is 0 Å². The Balaban J connectivity index is 0.00000169. The van der Waals surface area contributed by atoms with Crippen molar-refractivity contribution in [2.24, 2.45) is 5.73 Å². The molecule has 1 aromatic rings. The second-order valence-electron chi connectivity index (χ2n) is 3.06. The van der Waals surface area contributed by atoms with E-state index >= 15 is 0 Å². The number of rotatable bonds is 3. The van der Waals surface area contributed by atoms with Crippen LogP contribution in [0.25, 0.3) is 0 Å². The summed E-state index contributed by atoms with van der Waals surface area (Å²) in [6, 6.07) is 5.80. The highest BCUT2D eigenvalue weighted by atomic mass is 79.9. The van der Waals surface area contributed by atoms with Gasteiger partial charge in [-0.3, -0.25) is 0 Å². The van der Waals surface area contributed by atoms with Gasteiger partial charge in [0, 0.05) is 15.5 Å². The summed E-state index contributed by atoms with van der Waals surface area (Å²) in [4.78, 5) is 0. The lowest BCUT2D eigenvalue weighted by Gasteiger charge is -2.12. The standard InChI is InChI=1S/C10H13BrClN.ClH/c1-2-3-10(13)8-6-7(12)4-5-9(8)11;/h4-6,10H,2-3,13H2,1H3;1H/t10-;/m1./s1. The molecule has 2 N–H and O–H groups in total. The predicted molar refractivity (Wildman–Crippen MR) is 68.2 cm³/mol. The van der Waals surface area contributed by atoms with Gasteiger partial charge >= 0.3 is 0 Å². The fraction of sp³-hybridized carbons (Fsp3) is 0.400.